The van der Waals surface area contributed by atoms with Crippen molar-refractivity contribution in [2.75, 3.05) is 13.1 Å². The van der Waals surface area contributed by atoms with Gasteiger partial charge in [0.2, 0.25) is 0 Å². The number of carbonyl (C=O) groups excluding carboxylic acids is 1. The monoisotopic (exact) mass is 299 g/mol. The molecule has 1 aromatic heterocycles. The van der Waals surface area contributed by atoms with E-state index in [0.717, 1.165) is 56.1 Å². The molecule has 3 rings (SSSR count). The summed E-state index contributed by atoms with van der Waals surface area (Å²) in [4.78, 5) is 27.8. The van der Waals surface area contributed by atoms with E-state index in [0.29, 0.717) is 6.54 Å². The summed E-state index contributed by atoms with van der Waals surface area (Å²) >= 11 is 0. The first kappa shape index (κ1) is 14.9. The summed E-state index contributed by atoms with van der Waals surface area (Å²) in [7, 11) is 0. The number of nitrogens with zero attached hydrogens (tertiary/aromatic N) is 2. The van der Waals surface area contributed by atoms with Gasteiger partial charge in [-0.1, -0.05) is 12.1 Å². The Kier molecular flexibility index (Phi) is 4.34. The fourth-order valence-electron chi connectivity index (χ4n) is 3.29. The highest BCUT2D eigenvalue weighted by molar-refractivity contribution is 5.74. The number of nitrogens with one attached hydrogen (secondary N) is 1. The second-order valence-corrected chi connectivity index (χ2v) is 6.07. The fraction of sp³-hybridized carbons (Fsp3) is 0.471. The number of hydrogen-bond donors (Lipinski definition) is 1. The van der Waals surface area contributed by atoms with Gasteiger partial charge in [0.05, 0.1) is 17.2 Å². The van der Waals surface area contributed by atoms with E-state index in [9.17, 15) is 9.59 Å². The van der Waals surface area contributed by atoms with Crippen LogP contribution in [0.4, 0.5) is 0 Å². The number of aldehydes is 1. The van der Waals surface area contributed by atoms with E-state index < -0.39 is 0 Å². The van der Waals surface area contributed by atoms with Gasteiger partial charge in [0.1, 0.15) is 6.29 Å². The van der Waals surface area contributed by atoms with Crippen molar-refractivity contribution in [1.29, 1.82) is 0 Å². The van der Waals surface area contributed by atoms with Gasteiger partial charge in [0, 0.05) is 12.0 Å². The van der Waals surface area contributed by atoms with Gasteiger partial charge >= 0.3 is 0 Å². The van der Waals surface area contributed by atoms with Crippen molar-refractivity contribution in [3.63, 3.8) is 0 Å². The van der Waals surface area contributed by atoms with Gasteiger partial charge in [-0.05, 0) is 50.9 Å². The average molecular weight is 299 g/mol. The molecule has 0 amide bonds. The third-order valence-electron chi connectivity index (χ3n) is 4.66. The summed E-state index contributed by atoms with van der Waals surface area (Å²) in [6.45, 7) is 2.43. The maximum absolute atomic E-state index is 12.1. The molecule has 0 bridgehead atoms. The van der Waals surface area contributed by atoms with Crippen molar-refractivity contribution in [3.8, 4) is 0 Å². The molecule has 5 heteroatoms. The van der Waals surface area contributed by atoms with E-state index in [1.165, 1.54) is 6.20 Å². The first-order valence-corrected chi connectivity index (χ1v) is 7.86. The van der Waals surface area contributed by atoms with Gasteiger partial charge in [0.15, 0.2) is 0 Å². The molecule has 1 aromatic carbocycles. The maximum atomic E-state index is 12.1. The topological polar surface area (TPSA) is 64.0 Å². The van der Waals surface area contributed by atoms with E-state index in [4.69, 9.17) is 0 Å². The molecule has 1 aliphatic heterocycles. The first-order chi connectivity index (χ1) is 10.7. The summed E-state index contributed by atoms with van der Waals surface area (Å²) in [6.07, 6.45) is 5.95. The minimum atomic E-state index is -0.211. The number of para-hydroxylation sites is 2. The van der Waals surface area contributed by atoms with Gasteiger partial charge < -0.3 is 14.7 Å². The highest BCUT2D eigenvalue weighted by Crippen LogP contribution is 2.31. The fourth-order valence-corrected chi connectivity index (χ4v) is 3.29. The number of fused-ring (bicyclic) bond motifs is 1. The summed E-state index contributed by atoms with van der Waals surface area (Å²) < 4.78 is 1.77. The Balaban J connectivity index is 1.75. The lowest BCUT2D eigenvalue weighted by Gasteiger charge is -2.32. The normalized spacial score (nSPS) is 17.5. The quantitative estimate of drug-likeness (QED) is 0.854. The third kappa shape index (κ3) is 2.95. The van der Waals surface area contributed by atoms with Crippen LogP contribution in [-0.4, -0.2) is 28.9 Å². The number of carbonyl (C=O) groups is 1. The molecule has 1 aliphatic rings. The summed E-state index contributed by atoms with van der Waals surface area (Å²) in [5.74, 6) is 0. The van der Waals surface area contributed by atoms with Crippen LogP contribution in [0.25, 0.3) is 11.0 Å². The standard InChI is InChI=1S/C17H21N3O2/c21-13-17(7-9-18-10-8-17)6-3-11-20-15-5-2-1-4-14(15)19-12-16(20)22/h1-2,4-5,12-13,18H,3,6-11H2. The van der Waals surface area contributed by atoms with Crippen molar-refractivity contribution >= 4 is 17.3 Å². The summed E-state index contributed by atoms with van der Waals surface area (Å²) in [5, 5.41) is 3.29. The Bertz CT molecular complexity index is 717. The van der Waals surface area contributed by atoms with E-state index in [1.54, 1.807) is 4.57 Å². The molecule has 22 heavy (non-hydrogen) atoms. The predicted molar refractivity (Wildman–Crippen MR) is 85.8 cm³/mol. The molecule has 0 radical (unpaired) electrons. The first-order valence-electron chi connectivity index (χ1n) is 7.86. The zero-order valence-electron chi connectivity index (χ0n) is 12.6. The molecule has 1 saturated heterocycles. The smallest absolute Gasteiger partial charge is 0.269 e. The molecule has 0 atom stereocenters. The lowest BCUT2D eigenvalue weighted by molar-refractivity contribution is -0.118. The molecule has 2 heterocycles. The minimum absolute atomic E-state index is 0.0795. The van der Waals surface area contributed by atoms with Gasteiger partial charge in [-0.15, -0.1) is 0 Å². The van der Waals surface area contributed by atoms with Crippen molar-refractivity contribution < 1.29 is 4.79 Å². The van der Waals surface area contributed by atoms with Gasteiger partial charge in [0.25, 0.3) is 5.56 Å². The van der Waals surface area contributed by atoms with Crippen LogP contribution in [0.3, 0.4) is 0 Å². The van der Waals surface area contributed by atoms with Gasteiger partial charge in [-0.25, -0.2) is 4.98 Å². The number of aryl methyl sites for hydroxylation is 1. The Labute approximate surface area is 129 Å². The molecule has 0 aliphatic carbocycles. The lowest BCUT2D eigenvalue weighted by Crippen LogP contribution is -2.38. The Morgan fingerprint density at radius 3 is 2.82 bits per heavy atom. The van der Waals surface area contributed by atoms with Crippen LogP contribution < -0.4 is 10.9 Å². The van der Waals surface area contributed by atoms with E-state index in [2.05, 4.69) is 10.3 Å². The van der Waals surface area contributed by atoms with Crippen molar-refractivity contribution in [2.24, 2.45) is 5.41 Å². The van der Waals surface area contributed by atoms with Crippen LogP contribution >= 0.6 is 0 Å². The average Bonchev–Trinajstić information content (AvgIpc) is 2.58. The maximum Gasteiger partial charge on any atom is 0.269 e. The van der Waals surface area contributed by atoms with Crippen LogP contribution in [0.15, 0.2) is 35.3 Å². The second-order valence-electron chi connectivity index (χ2n) is 6.07. The Hall–Kier alpha value is -2.01. The summed E-state index contributed by atoms with van der Waals surface area (Å²) in [5.41, 5.74) is 1.40. The SMILES string of the molecule is O=CC1(CCCn2c(=O)cnc3ccccc32)CCNCC1. The predicted octanol–water partition coefficient (Wildman–Crippen LogP) is 1.75. The number of piperidine rings is 1. The molecule has 2 aromatic rings. The van der Waals surface area contributed by atoms with Crippen LogP contribution in [0.5, 0.6) is 0 Å². The summed E-state index contributed by atoms with van der Waals surface area (Å²) in [6, 6.07) is 7.66. The van der Waals surface area contributed by atoms with E-state index >= 15 is 0 Å². The second kappa shape index (κ2) is 6.40. The molecule has 0 spiro atoms. The van der Waals surface area contributed by atoms with Crippen LogP contribution in [0.1, 0.15) is 25.7 Å². The number of aromatic nitrogens is 2. The molecule has 116 valence electrons. The molecule has 0 saturated carbocycles. The lowest BCUT2D eigenvalue weighted by atomic mass is 9.77. The van der Waals surface area contributed by atoms with Gasteiger partial charge in [-0.3, -0.25) is 4.79 Å². The molecule has 1 fully saturated rings. The van der Waals surface area contributed by atoms with Crippen molar-refractivity contribution in [2.45, 2.75) is 32.2 Å². The zero-order valence-corrected chi connectivity index (χ0v) is 12.6. The zero-order chi connectivity index (χ0) is 15.4. The van der Waals surface area contributed by atoms with Crippen LogP contribution in [0, 0.1) is 5.41 Å². The third-order valence-corrected chi connectivity index (χ3v) is 4.66. The number of benzene rings is 1. The van der Waals surface area contributed by atoms with Crippen LogP contribution in [0.2, 0.25) is 0 Å². The van der Waals surface area contributed by atoms with Crippen molar-refractivity contribution in [3.05, 3.63) is 40.8 Å². The van der Waals surface area contributed by atoms with E-state index in [-0.39, 0.29) is 11.0 Å². The Morgan fingerprint density at radius 2 is 2.05 bits per heavy atom. The molecular formula is C17H21N3O2. The molecule has 0 unspecified atom stereocenters. The van der Waals surface area contributed by atoms with Crippen molar-refractivity contribution in [1.82, 2.24) is 14.9 Å². The highest BCUT2D eigenvalue weighted by Gasteiger charge is 2.30. The minimum Gasteiger partial charge on any atom is -0.317 e. The largest absolute Gasteiger partial charge is 0.317 e. The van der Waals surface area contributed by atoms with Gasteiger partial charge in [-0.2, -0.15) is 0 Å². The number of rotatable bonds is 5. The van der Waals surface area contributed by atoms with Crippen LogP contribution in [-0.2, 0) is 11.3 Å². The molecule has 5 nitrogen and oxygen atoms in total. The highest BCUT2D eigenvalue weighted by atomic mass is 16.1. The molecule has 1 N–H and O–H groups in total. The number of hydrogen-bond acceptors (Lipinski definition) is 4. The Morgan fingerprint density at radius 1 is 1.27 bits per heavy atom. The van der Waals surface area contributed by atoms with E-state index in [1.807, 2.05) is 24.3 Å². The molecular weight excluding hydrogens is 278 g/mol.